The summed E-state index contributed by atoms with van der Waals surface area (Å²) in [6.45, 7) is 14.6. The summed E-state index contributed by atoms with van der Waals surface area (Å²) in [6.07, 6.45) is 1.11. The van der Waals surface area contributed by atoms with Gasteiger partial charge in [0.25, 0.3) is 0 Å². The Kier molecular flexibility index (Phi) is 11.5. The van der Waals surface area contributed by atoms with Crippen LogP contribution < -0.4 is 10.6 Å². The van der Waals surface area contributed by atoms with Crippen molar-refractivity contribution in [3.63, 3.8) is 0 Å². The van der Waals surface area contributed by atoms with Crippen LogP contribution in [-0.4, -0.2) is 74.7 Å². The summed E-state index contributed by atoms with van der Waals surface area (Å²) in [6, 6.07) is 0.472. The fourth-order valence-corrected chi connectivity index (χ4v) is 2.19. The van der Waals surface area contributed by atoms with Gasteiger partial charge in [-0.1, -0.05) is 13.8 Å². The highest BCUT2D eigenvalue weighted by atomic mass is 127. The van der Waals surface area contributed by atoms with Gasteiger partial charge in [-0.25, -0.2) is 0 Å². The van der Waals surface area contributed by atoms with E-state index in [0.717, 1.165) is 25.5 Å². The number of nitrogens with zero attached hydrogens (tertiary/aromatic N) is 3. The molecule has 1 heterocycles. The molecule has 0 radical (unpaired) electrons. The first kappa shape index (κ1) is 19.9. The van der Waals surface area contributed by atoms with Gasteiger partial charge < -0.3 is 15.5 Å². The van der Waals surface area contributed by atoms with Gasteiger partial charge in [0.15, 0.2) is 5.96 Å². The van der Waals surface area contributed by atoms with Crippen molar-refractivity contribution in [2.75, 3.05) is 52.9 Å². The summed E-state index contributed by atoms with van der Waals surface area (Å²) < 4.78 is 0. The second kappa shape index (κ2) is 11.6. The fourth-order valence-electron chi connectivity index (χ4n) is 2.19. The van der Waals surface area contributed by atoms with Crippen LogP contribution in [0.5, 0.6) is 0 Å². The van der Waals surface area contributed by atoms with E-state index in [4.69, 9.17) is 0 Å². The molecule has 2 N–H and O–H groups in total. The van der Waals surface area contributed by atoms with Gasteiger partial charge in [0.2, 0.25) is 0 Å². The molecule has 0 aliphatic carbocycles. The molecular formula is C14H32IN5. The first-order chi connectivity index (χ1) is 9.19. The topological polar surface area (TPSA) is 42.9 Å². The summed E-state index contributed by atoms with van der Waals surface area (Å²) in [5.74, 6) is 0.918. The van der Waals surface area contributed by atoms with Gasteiger partial charge in [-0.15, -0.1) is 24.0 Å². The third kappa shape index (κ3) is 7.64. The lowest BCUT2D eigenvalue weighted by Gasteiger charge is -2.34. The second-order valence-electron chi connectivity index (χ2n) is 5.23. The van der Waals surface area contributed by atoms with Gasteiger partial charge in [-0.2, -0.15) is 0 Å². The minimum absolute atomic E-state index is 0. The zero-order valence-corrected chi connectivity index (χ0v) is 15.8. The van der Waals surface area contributed by atoms with Crippen molar-refractivity contribution >= 4 is 29.9 Å². The van der Waals surface area contributed by atoms with E-state index in [0.29, 0.717) is 6.04 Å². The summed E-state index contributed by atoms with van der Waals surface area (Å²) in [5, 5.41) is 6.77. The lowest BCUT2D eigenvalue weighted by atomic mass is 10.3. The molecule has 0 spiro atoms. The zero-order valence-electron chi connectivity index (χ0n) is 13.5. The molecule has 0 aromatic carbocycles. The molecule has 1 rings (SSSR count). The lowest BCUT2D eigenvalue weighted by molar-refractivity contribution is 0.139. The summed E-state index contributed by atoms with van der Waals surface area (Å²) in [4.78, 5) is 9.28. The highest BCUT2D eigenvalue weighted by Gasteiger charge is 2.14. The van der Waals surface area contributed by atoms with Crippen molar-refractivity contribution in [3.8, 4) is 0 Å². The Morgan fingerprint density at radius 3 is 2.25 bits per heavy atom. The van der Waals surface area contributed by atoms with Crippen molar-refractivity contribution in [3.05, 3.63) is 0 Å². The quantitative estimate of drug-likeness (QED) is 0.402. The highest BCUT2D eigenvalue weighted by molar-refractivity contribution is 14.0. The van der Waals surface area contributed by atoms with Crippen LogP contribution in [0.3, 0.4) is 0 Å². The number of likely N-dealkylation sites (N-methyl/N-ethyl adjacent to an activating group) is 1. The Morgan fingerprint density at radius 2 is 1.75 bits per heavy atom. The number of piperazine rings is 1. The number of hydrogen-bond donors (Lipinski definition) is 2. The van der Waals surface area contributed by atoms with Crippen molar-refractivity contribution < 1.29 is 0 Å². The maximum atomic E-state index is 4.25. The largest absolute Gasteiger partial charge is 0.355 e. The van der Waals surface area contributed by atoms with Gasteiger partial charge in [-0.3, -0.25) is 9.89 Å². The maximum absolute atomic E-state index is 4.25. The molecule has 5 nitrogen and oxygen atoms in total. The smallest absolute Gasteiger partial charge is 0.191 e. The first-order valence-corrected chi connectivity index (χ1v) is 7.61. The predicted octanol–water partition coefficient (Wildman–Crippen LogP) is 1.21. The molecule has 0 aromatic heterocycles. The second-order valence-corrected chi connectivity index (χ2v) is 5.23. The molecule has 0 amide bonds. The van der Waals surface area contributed by atoms with E-state index in [9.17, 15) is 0 Å². The number of aliphatic imine (C=N–C) groups is 1. The van der Waals surface area contributed by atoms with Crippen LogP contribution in [0.4, 0.5) is 0 Å². The molecule has 1 saturated heterocycles. The van der Waals surface area contributed by atoms with Gasteiger partial charge in [-0.05, 0) is 19.9 Å². The summed E-state index contributed by atoms with van der Waals surface area (Å²) in [7, 11) is 1.83. The van der Waals surface area contributed by atoms with Crippen LogP contribution in [0, 0.1) is 0 Å². The Bertz CT molecular complexity index is 264. The zero-order chi connectivity index (χ0) is 14.1. The number of hydrogen-bond acceptors (Lipinski definition) is 3. The van der Waals surface area contributed by atoms with E-state index in [-0.39, 0.29) is 24.0 Å². The van der Waals surface area contributed by atoms with Crippen LogP contribution in [0.25, 0.3) is 0 Å². The normalized spacial score (nSPS) is 19.3. The molecule has 0 saturated carbocycles. The standard InChI is InChI=1S/C14H31N5.HI/c1-5-13(3)17-14(15-4)16-7-8-19-11-9-18(6-2)10-12-19;/h13H,5-12H2,1-4H3,(H2,15,16,17);1H. The molecule has 6 heteroatoms. The number of guanidine groups is 1. The van der Waals surface area contributed by atoms with E-state index in [2.05, 4.69) is 46.2 Å². The first-order valence-electron chi connectivity index (χ1n) is 7.61. The molecule has 120 valence electrons. The molecule has 1 atom stereocenters. The predicted molar refractivity (Wildman–Crippen MR) is 98.2 cm³/mol. The van der Waals surface area contributed by atoms with E-state index in [1.165, 1.54) is 32.7 Å². The Balaban J connectivity index is 0.00000361. The molecule has 1 aliphatic heterocycles. The van der Waals surface area contributed by atoms with Crippen molar-refractivity contribution in [1.82, 2.24) is 20.4 Å². The minimum atomic E-state index is 0. The molecule has 1 unspecified atom stereocenters. The molecule has 0 aromatic rings. The maximum Gasteiger partial charge on any atom is 0.191 e. The van der Waals surface area contributed by atoms with Crippen LogP contribution in [0.1, 0.15) is 27.2 Å². The van der Waals surface area contributed by atoms with Crippen molar-refractivity contribution in [2.45, 2.75) is 33.2 Å². The highest BCUT2D eigenvalue weighted by Crippen LogP contribution is 1.99. The fraction of sp³-hybridized carbons (Fsp3) is 0.929. The van der Waals surface area contributed by atoms with E-state index in [1.54, 1.807) is 0 Å². The van der Waals surface area contributed by atoms with E-state index < -0.39 is 0 Å². The number of nitrogens with one attached hydrogen (secondary N) is 2. The van der Waals surface area contributed by atoms with Gasteiger partial charge in [0, 0.05) is 52.4 Å². The molecule has 20 heavy (non-hydrogen) atoms. The van der Waals surface area contributed by atoms with Crippen LogP contribution in [0.15, 0.2) is 4.99 Å². The van der Waals surface area contributed by atoms with Crippen LogP contribution in [0.2, 0.25) is 0 Å². The minimum Gasteiger partial charge on any atom is -0.355 e. The Hall–Kier alpha value is -0.0800. The number of rotatable bonds is 6. The van der Waals surface area contributed by atoms with Crippen molar-refractivity contribution in [1.29, 1.82) is 0 Å². The van der Waals surface area contributed by atoms with Crippen LogP contribution in [-0.2, 0) is 0 Å². The molecule has 0 bridgehead atoms. The van der Waals surface area contributed by atoms with Gasteiger partial charge in [0.1, 0.15) is 0 Å². The Labute approximate surface area is 141 Å². The van der Waals surface area contributed by atoms with Gasteiger partial charge in [0.05, 0.1) is 0 Å². The van der Waals surface area contributed by atoms with E-state index in [1.807, 2.05) is 7.05 Å². The third-order valence-corrected chi connectivity index (χ3v) is 3.85. The summed E-state index contributed by atoms with van der Waals surface area (Å²) >= 11 is 0. The SMILES string of the molecule is CCC(C)NC(=NC)NCCN1CCN(CC)CC1.I. The average molecular weight is 397 g/mol. The summed E-state index contributed by atoms with van der Waals surface area (Å²) in [5.41, 5.74) is 0. The molecular weight excluding hydrogens is 365 g/mol. The molecule has 1 fully saturated rings. The Morgan fingerprint density at radius 1 is 1.15 bits per heavy atom. The van der Waals surface area contributed by atoms with Crippen molar-refractivity contribution in [2.24, 2.45) is 4.99 Å². The monoisotopic (exact) mass is 397 g/mol. The lowest BCUT2D eigenvalue weighted by Crippen LogP contribution is -2.49. The van der Waals surface area contributed by atoms with E-state index >= 15 is 0 Å². The average Bonchev–Trinajstić information content (AvgIpc) is 2.46. The van der Waals surface area contributed by atoms with Crippen LogP contribution >= 0.6 is 24.0 Å². The van der Waals surface area contributed by atoms with Gasteiger partial charge >= 0.3 is 0 Å². The third-order valence-electron chi connectivity index (χ3n) is 3.85. The number of halogens is 1. The molecule has 1 aliphatic rings.